The lowest BCUT2D eigenvalue weighted by Crippen LogP contribution is -2.34. The lowest BCUT2D eigenvalue weighted by molar-refractivity contribution is -0.384. The molecule has 0 aliphatic heterocycles. The zero-order chi connectivity index (χ0) is 18.2. The van der Waals surface area contributed by atoms with E-state index in [1.165, 1.54) is 12.1 Å². The fraction of sp³-hybridized carbons (Fsp3) is 0.278. The fourth-order valence-electron chi connectivity index (χ4n) is 2.36. The molecular formula is C18H20N2O5. The Hall–Kier alpha value is -3.09. The molecule has 0 saturated heterocycles. The number of carbonyl (C=O) groups is 1. The van der Waals surface area contributed by atoms with Gasteiger partial charge in [-0.05, 0) is 48.2 Å². The standard InChI is InChI=1S/C18H20N2O5/c1-2-15(19-18(21)22)11-13-5-9-17(10-6-13)25-12-14-3-7-16(8-4-14)20(23)24/h3-10,15,19H,2,11-12H2,1H3,(H,21,22). The minimum atomic E-state index is -1.02. The minimum Gasteiger partial charge on any atom is -0.489 e. The molecule has 1 unspecified atom stereocenters. The van der Waals surface area contributed by atoms with Crippen LogP contribution in [-0.4, -0.2) is 22.2 Å². The van der Waals surface area contributed by atoms with Crippen LogP contribution in [0.5, 0.6) is 5.75 Å². The molecule has 1 atom stereocenters. The van der Waals surface area contributed by atoms with Crippen molar-refractivity contribution in [2.24, 2.45) is 0 Å². The molecule has 0 aliphatic carbocycles. The molecule has 7 heteroatoms. The molecule has 0 spiro atoms. The summed E-state index contributed by atoms with van der Waals surface area (Å²) < 4.78 is 5.66. The first-order valence-corrected chi connectivity index (χ1v) is 7.92. The molecule has 25 heavy (non-hydrogen) atoms. The van der Waals surface area contributed by atoms with Gasteiger partial charge in [-0.15, -0.1) is 0 Å². The Morgan fingerprint density at radius 3 is 2.28 bits per heavy atom. The molecule has 0 aliphatic rings. The minimum absolute atomic E-state index is 0.0496. The van der Waals surface area contributed by atoms with Crippen LogP contribution in [0, 0.1) is 10.1 Å². The number of carboxylic acid groups (broad SMARTS) is 1. The van der Waals surface area contributed by atoms with Crippen molar-refractivity contribution in [2.75, 3.05) is 0 Å². The van der Waals surface area contributed by atoms with Crippen molar-refractivity contribution >= 4 is 11.8 Å². The number of non-ortho nitro benzene ring substituents is 1. The predicted octanol–water partition coefficient (Wildman–Crippen LogP) is 3.76. The number of ether oxygens (including phenoxy) is 1. The number of nitro groups is 1. The highest BCUT2D eigenvalue weighted by Crippen LogP contribution is 2.17. The van der Waals surface area contributed by atoms with Crippen molar-refractivity contribution in [1.82, 2.24) is 5.32 Å². The zero-order valence-electron chi connectivity index (χ0n) is 13.8. The molecule has 2 aromatic carbocycles. The van der Waals surface area contributed by atoms with Crippen LogP contribution in [0.15, 0.2) is 48.5 Å². The number of nitrogens with zero attached hydrogens (tertiary/aromatic N) is 1. The van der Waals surface area contributed by atoms with Crippen molar-refractivity contribution in [3.05, 3.63) is 69.8 Å². The van der Waals surface area contributed by atoms with E-state index < -0.39 is 11.0 Å². The first-order valence-electron chi connectivity index (χ1n) is 7.92. The third-order valence-electron chi connectivity index (χ3n) is 3.78. The Morgan fingerprint density at radius 1 is 1.16 bits per heavy atom. The van der Waals surface area contributed by atoms with E-state index in [2.05, 4.69) is 5.32 Å². The number of benzene rings is 2. The molecule has 0 heterocycles. The van der Waals surface area contributed by atoms with Gasteiger partial charge in [0.1, 0.15) is 12.4 Å². The normalized spacial score (nSPS) is 11.6. The van der Waals surface area contributed by atoms with Gasteiger partial charge in [-0.3, -0.25) is 10.1 Å². The molecule has 0 saturated carbocycles. The molecular weight excluding hydrogens is 324 g/mol. The van der Waals surface area contributed by atoms with Crippen LogP contribution in [-0.2, 0) is 13.0 Å². The van der Waals surface area contributed by atoms with E-state index in [9.17, 15) is 14.9 Å². The van der Waals surface area contributed by atoms with Crippen LogP contribution in [0.1, 0.15) is 24.5 Å². The molecule has 2 N–H and O–H groups in total. The molecule has 132 valence electrons. The van der Waals surface area contributed by atoms with Gasteiger partial charge in [0, 0.05) is 18.2 Å². The number of hydrogen-bond donors (Lipinski definition) is 2. The Bertz CT molecular complexity index is 713. The first kappa shape index (κ1) is 18.3. The first-order chi connectivity index (χ1) is 12.0. The van der Waals surface area contributed by atoms with E-state index in [0.717, 1.165) is 11.1 Å². The lowest BCUT2D eigenvalue weighted by Gasteiger charge is -2.15. The molecule has 7 nitrogen and oxygen atoms in total. The van der Waals surface area contributed by atoms with Crippen LogP contribution in [0.25, 0.3) is 0 Å². The summed E-state index contributed by atoms with van der Waals surface area (Å²) in [6.45, 7) is 2.25. The number of hydrogen-bond acceptors (Lipinski definition) is 4. The van der Waals surface area contributed by atoms with E-state index in [4.69, 9.17) is 9.84 Å². The Balaban J connectivity index is 1.89. The molecule has 0 bridgehead atoms. The quantitative estimate of drug-likeness (QED) is 0.561. The van der Waals surface area contributed by atoms with Gasteiger partial charge in [0.25, 0.3) is 5.69 Å². The van der Waals surface area contributed by atoms with Crippen molar-refractivity contribution in [2.45, 2.75) is 32.4 Å². The monoisotopic (exact) mass is 344 g/mol. The maximum absolute atomic E-state index is 10.7. The zero-order valence-corrected chi connectivity index (χ0v) is 13.8. The van der Waals surface area contributed by atoms with Gasteiger partial charge in [0.05, 0.1) is 4.92 Å². The predicted molar refractivity (Wildman–Crippen MR) is 92.8 cm³/mol. The second-order valence-electron chi connectivity index (χ2n) is 5.61. The summed E-state index contributed by atoms with van der Waals surface area (Å²) in [6.07, 6.45) is 0.311. The number of amides is 1. The van der Waals surface area contributed by atoms with E-state index in [0.29, 0.717) is 25.2 Å². The molecule has 2 aromatic rings. The molecule has 0 radical (unpaired) electrons. The van der Waals surface area contributed by atoms with Gasteiger partial charge >= 0.3 is 6.09 Å². The summed E-state index contributed by atoms with van der Waals surface area (Å²) in [4.78, 5) is 20.9. The van der Waals surface area contributed by atoms with E-state index in [1.807, 2.05) is 31.2 Å². The van der Waals surface area contributed by atoms with Crippen LogP contribution in [0.2, 0.25) is 0 Å². The topological polar surface area (TPSA) is 102 Å². The van der Waals surface area contributed by atoms with Crippen molar-refractivity contribution in [1.29, 1.82) is 0 Å². The highest BCUT2D eigenvalue weighted by atomic mass is 16.6. The summed E-state index contributed by atoms with van der Waals surface area (Å²) >= 11 is 0. The van der Waals surface area contributed by atoms with E-state index in [-0.39, 0.29) is 11.7 Å². The van der Waals surface area contributed by atoms with Crippen LogP contribution in [0.4, 0.5) is 10.5 Å². The van der Waals surface area contributed by atoms with Crippen molar-refractivity contribution in [3.63, 3.8) is 0 Å². The maximum atomic E-state index is 10.7. The highest BCUT2D eigenvalue weighted by molar-refractivity contribution is 5.64. The molecule has 1 amide bonds. The number of nitro benzene ring substituents is 1. The van der Waals surface area contributed by atoms with Crippen molar-refractivity contribution < 1.29 is 19.6 Å². The summed E-state index contributed by atoms with van der Waals surface area (Å²) in [5, 5.41) is 21.9. The number of nitrogens with one attached hydrogen (secondary N) is 1. The van der Waals surface area contributed by atoms with E-state index in [1.54, 1.807) is 12.1 Å². The average Bonchev–Trinajstić information content (AvgIpc) is 2.60. The largest absolute Gasteiger partial charge is 0.489 e. The summed E-state index contributed by atoms with van der Waals surface area (Å²) in [5.74, 6) is 0.682. The molecule has 2 rings (SSSR count). The third kappa shape index (κ3) is 5.80. The second-order valence-corrected chi connectivity index (χ2v) is 5.61. The van der Waals surface area contributed by atoms with Gasteiger partial charge in [-0.2, -0.15) is 0 Å². The molecule has 0 aromatic heterocycles. The Labute approximate surface area is 145 Å². The van der Waals surface area contributed by atoms with Gasteiger partial charge in [0.15, 0.2) is 0 Å². The number of rotatable bonds is 8. The van der Waals surface area contributed by atoms with Crippen LogP contribution >= 0.6 is 0 Å². The third-order valence-corrected chi connectivity index (χ3v) is 3.78. The van der Waals surface area contributed by atoms with Gasteiger partial charge in [0.2, 0.25) is 0 Å². The SMILES string of the molecule is CCC(Cc1ccc(OCc2ccc([N+](=O)[O-])cc2)cc1)NC(=O)O. The fourth-order valence-corrected chi connectivity index (χ4v) is 2.36. The smallest absolute Gasteiger partial charge is 0.404 e. The van der Waals surface area contributed by atoms with Gasteiger partial charge in [-0.25, -0.2) is 4.79 Å². The van der Waals surface area contributed by atoms with E-state index >= 15 is 0 Å². The average molecular weight is 344 g/mol. The van der Waals surface area contributed by atoms with Gasteiger partial charge < -0.3 is 15.2 Å². The molecule has 0 fully saturated rings. The van der Waals surface area contributed by atoms with Gasteiger partial charge in [-0.1, -0.05) is 19.1 Å². The Kier molecular flexibility index (Phi) is 6.33. The maximum Gasteiger partial charge on any atom is 0.404 e. The Morgan fingerprint density at radius 2 is 1.76 bits per heavy atom. The summed E-state index contributed by atoms with van der Waals surface area (Å²) in [6, 6.07) is 13.6. The van der Waals surface area contributed by atoms with Crippen LogP contribution < -0.4 is 10.1 Å². The van der Waals surface area contributed by atoms with Crippen LogP contribution in [0.3, 0.4) is 0 Å². The highest BCUT2D eigenvalue weighted by Gasteiger charge is 2.10. The lowest BCUT2D eigenvalue weighted by atomic mass is 10.0. The van der Waals surface area contributed by atoms with Crippen molar-refractivity contribution in [3.8, 4) is 5.75 Å². The second kappa shape index (κ2) is 8.68. The summed E-state index contributed by atoms with van der Waals surface area (Å²) in [5.41, 5.74) is 1.91. The summed E-state index contributed by atoms with van der Waals surface area (Å²) in [7, 11) is 0.